The van der Waals surface area contributed by atoms with Crippen molar-refractivity contribution >= 4 is 23.2 Å². The van der Waals surface area contributed by atoms with Crippen molar-refractivity contribution in [1.82, 2.24) is 4.90 Å². The highest BCUT2D eigenvalue weighted by Crippen LogP contribution is 2.23. The van der Waals surface area contributed by atoms with Crippen LogP contribution in [0.4, 0.5) is 0 Å². The van der Waals surface area contributed by atoms with Crippen LogP contribution in [0.2, 0.25) is 0 Å². The molecule has 1 fully saturated rings. The van der Waals surface area contributed by atoms with Crippen molar-refractivity contribution in [3.8, 4) is 11.8 Å². The Morgan fingerprint density at radius 1 is 1.48 bits per heavy atom. The Morgan fingerprint density at radius 3 is 2.81 bits per heavy atom. The second kappa shape index (κ2) is 5.88. The molecule has 0 aliphatic carbocycles. The molecule has 6 heteroatoms. The van der Waals surface area contributed by atoms with Gasteiger partial charge >= 0.3 is 0 Å². The second-order valence-electron chi connectivity index (χ2n) is 5.45. The van der Waals surface area contributed by atoms with Crippen LogP contribution in [0.5, 0.6) is 0 Å². The molecule has 112 valence electrons. The van der Waals surface area contributed by atoms with Crippen LogP contribution in [0, 0.1) is 11.8 Å². The Labute approximate surface area is 127 Å². The number of aliphatic hydroxyl groups is 1. The van der Waals surface area contributed by atoms with E-state index in [1.807, 2.05) is 0 Å². The minimum Gasteiger partial charge on any atom is -0.548 e. The number of carbonyl (C=O) groups is 2. The standard InChI is InChI=1S/C15H17NO4S/c1-15(2,20)8-7-10-5-6-12(21-10)13(17)16-9-3-4-11(16)14(18)19/h5-6,11,20H,3-4,9H2,1-2H3,(H,18,19)/p-1/t11-/m1/s1. The van der Waals surface area contributed by atoms with Crippen LogP contribution in [0.1, 0.15) is 41.2 Å². The molecule has 2 heterocycles. The number of carboxylic acid groups (broad SMARTS) is 1. The Hall–Kier alpha value is -1.84. The van der Waals surface area contributed by atoms with Crippen LogP contribution < -0.4 is 5.11 Å². The second-order valence-corrected chi connectivity index (χ2v) is 6.53. The van der Waals surface area contributed by atoms with E-state index in [1.165, 1.54) is 16.2 Å². The van der Waals surface area contributed by atoms with Gasteiger partial charge in [0.15, 0.2) is 0 Å². The van der Waals surface area contributed by atoms with Gasteiger partial charge in [0.05, 0.1) is 21.8 Å². The monoisotopic (exact) mass is 306 g/mol. The molecule has 1 N–H and O–H groups in total. The summed E-state index contributed by atoms with van der Waals surface area (Å²) in [4.78, 5) is 25.8. The Bertz CT molecular complexity index is 618. The summed E-state index contributed by atoms with van der Waals surface area (Å²) in [5.74, 6) is 3.97. The van der Waals surface area contributed by atoms with Gasteiger partial charge in [0.2, 0.25) is 0 Å². The maximum Gasteiger partial charge on any atom is 0.264 e. The lowest BCUT2D eigenvalue weighted by Crippen LogP contribution is -2.46. The largest absolute Gasteiger partial charge is 0.548 e. The van der Waals surface area contributed by atoms with E-state index in [4.69, 9.17) is 0 Å². The van der Waals surface area contributed by atoms with E-state index in [0.29, 0.717) is 29.1 Å². The van der Waals surface area contributed by atoms with Gasteiger partial charge in [-0.2, -0.15) is 0 Å². The number of thiophene rings is 1. The lowest BCUT2D eigenvalue weighted by molar-refractivity contribution is -0.310. The Morgan fingerprint density at radius 2 is 2.19 bits per heavy atom. The van der Waals surface area contributed by atoms with Crippen LogP contribution >= 0.6 is 11.3 Å². The zero-order valence-electron chi connectivity index (χ0n) is 11.9. The smallest absolute Gasteiger partial charge is 0.264 e. The molecule has 0 aromatic carbocycles. The molecule has 1 aliphatic rings. The van der Waals surface area contributed by atoms with E-state index in [2.05, 4.69) is 11.8 Å². The maximum atomic E-state index is 12.3. The summed E-state index contributed by atoms with van der Waals surface area (Å²) in [5, 5.41) is 20.6. The average molecular weight is 306 g/mol. The normalized spacial score (nSPS) is 18.2. The molecule has 1 amide bonds. The number of nitrogens with zero attached hydrogens (tertiary/aromatic N) is 1. The van der Waals surface area contributed by atoms with E-state index >= 15 is 0 Å². The fourth-order valence-corrected chi connectivity index (χ4v) is 2.95. The van der Waals surface area contributed by atoms with Gasteiger partial charge in [-0.25, -0.2) is 0 Å². The van der Waals surface area contributed by atoms with Gasteiger partial charge in [0, 0.05) is 6.54 Å². The minimum absolute atomic E-state index is 0.303. The van der Waals surface area contributed by atoms with Crippen molar-refractivity contribution in [2.24, 2.45) is 0 Å². The first-order valence-electron chi connectivity index (χ1n) is 6.65. The van der Waals surface area contributed by atoms with Crippen molar-refractivity contribution in [2.75, 3.05) is 6.54 Å². The molecule has 0 bridgehead atoms. The first-order chi connectivity index (χ1) is 9.78. The lowest BCUT2D eigenvalue weighted by atomic mass is 10.1. The average Bonchev–Trinajstić information content (AvgIpc) is 3.04. The molecule has 1 atom stereocenters. The number of likely N-dealkylation sites (tertiary alicyclic amines) is 1. The van der Waals surface area contributed by atoms with E-state index < -0.39 is 17.6 Å². The van der Waals surface area contributed by atoms with Crippen molar-refractivity contribution in [3.63, 3.8) is 0 Å². The number of carboxylic acids is 1. The van der Waals surface area contributed by atoms with Crippen molar-refractivity contribution < 1.29 is 19.8 Å². The number of carbonyl (C=O) groups excluding carboxylic acids is 2. The summed E-state index contributed by atoms with van der Waals surface area (Å²) in [6, 6.07) is 2.48. The summed E-state index contributed by atoms with van der Waals surface area (Å²) in [6.45, 7) is 3.59. The predicted molar refractivity (Wildman–Crippen MR) is 76.6 cm³/mol. The summed E-state index contributed by atoms with van der Waals surface area (Å²) in [5.41, 5.74) is -1.09. The molecule has 1 saturated heterocycles. The molecule has 1 aromatic heterocycles. The predicted octanol–water partition coefficient (Wildman–Crippen LogP) is 0.225. The third-order valence-electron chi connectivity index (χ3n) is 3.09. The number of rotatable bonds is 2. The van der Waals surface area contributed by atoms with E-state index in [0.717, 1.165) is 0 Å². The Kier molecular flexibility index (Phi) is 4.35. The van der Waals surface area contributed by atoms with E-state index in [-0.39, 0.29) is 5.91 Å². The first kappa shape index (κ1) is 15.5. The molecular formula is C15H16NO4S-. The maximum absolute atomic E-state index is 12.3. The van der Waals surface area contributed by atoms with Crippen molar-refractivity contribution in [3.05, 3.63) is 21.9 Å². The lowest BCUT2D eigenvalue weighted by Gasteiger charge is -2.24. The molecule has 0 saturated carbocycles. The molecule has 0 spiro atoms. The van der Waals surface area contributed by atoms with E-state index in [9.17, 15) is 19.8 Å². The van der Waals surface area contributed by atoms with Gasteiger partial charge in [-0.05, 0) is 38.8 Å². The number of hydrogen-bond acceptors (Lipinski definition) is 5. The van der Waals surface area contributed by atoms with Gasteiger partial charge in [0.25, 0.3) is 5.91 Å². The summed E-state index contributed by atoms with van der Waals surface area (Å²) in [6.07, 6.45) is 1.10. The summed E-state index contributed by atoms with van der Waals surface area (Å²) in [7, 11) is 0. The molecule has 0 unspecified atom stereocenters. The number of aliphatic carboxylic acids is 1. The highest BCUT2D eigenvalue weighted by Gasteiger charge is 2.30. The van der Waals surface area contributed by atoms with Crippen LogP contribution in [-0.4, -0.2) is 40.1 Å². The topological polar surface area (TPSA) is 80.7 Å². The van der Waals surface area contributed by atoms with Gasteiger partial charge in [-0.3, -0.25) is 4.79 Å². The first-order valence-corrected chi connectivity index (χ1v) is 7.47. The van der Waals surface area contributed by atoms with Gasteiger partial charge in [0.1, 0.15) is 5.60 Å². The fourth-order valence-electron chi connectivity index (χ4n) is 2.13. The van der Waals surface area contributed by atoms with Crippen LogP contribution in [-0.2, 0) is 4.79 Å². The van der Waals surface area contributed by atoms with Crippen LogP contribution in [0.3, 0.4) is 0 Å². The molecule has 1 aromatic rings. The summed E-state index contributed by atoms with van der Waals surface area (Å²) >= 11 is 1.19. The van der Waals surface area contributed by atoms with Gasteiger partial charge < -0.3 is 19.9 Å². The van der Waals surface area contributed by atoms with Gasteiger partial charge in [-0.1, -0.05) is 11.8 Å². The fraction of sp³-hybridized carbons (Fsp3) is 0.467. The molecule has 2 rings (SSSR count). The highest BCUT2D eigenvalue weighted by atomic mass is 32.1. The highest BCUT2D eigenvalue weighted by molar-refractivity contribution is 7.14. The van der Waals surface area contributed by atoms with Gasteiger partial charge in [-0.15, -0.1) is 11.3 Å². The SMILES string of the molecule is CC(C)(O)C#Cc1ccc(C(=O)N2CCC[C@@H]2C(=O)[O-])s1. The zero-order valence-corrected chi connectivity index (χ0v) is 12.7. The third kappa shape index (κ3) is 3.84. The zero-order chi connectivity index (χ0) is 15.6. The third-order valence-corrected chi connectivity index (χ3v) is 4.08. The quantitative estimate of drug-likeness (QED) is 0.793. The number of amides is 1. The summed E-state index contributed by atoms with van der Waals surface area (Å²) < 4.78 is 0. The molecule has 5 nitrogen and oxygen atoms in total. The van der Waals surface area contributed by atoms with Crippen molar-refractivity contribution in [1.29, 1.82) is 0 Å². The molecular weight excluding hydrogens is 290 g/mol. The molecule has 0 radical (unpaired) electrons. The van der Waals surface area contributed by atoms with Crippen LogP contribution in [0.15, 0.2) is 12.1 Å². The molecule has 1 aliphatic heterocycles. The van der Waals surface area contributed by atoms with Crippen molar-refractivity contribution in [2.45, 2.75) is 38.3 Å². The number of hydrogen-bond donors (Lipinski definition) is 1. The van der Waals surface area contributed by atoms with E-state index in [1.54, 1.807) is 26.0 Å². The van der Waals surface area contributed by atoms with Crippen LogP contribution in [0.25, 0.3) is 0 Å². The minimum atomic E-state index is -1.21. The molecule has 21 heavy (non-hydrogen) atoms. The Balaban J connectivity index is 2.15.